The van der Waals surface area contributed by atoms with Crippen LogP contribution < -0.4 is 0 Å². The molecular weight excluding hydrogens is 285 g/mol. The predicted molar refractivity (Wildman–Crippen MR) is 82.1 cm³/mol. The molecule has 1 heterocycles. The van der Waals surface area contributed by atoms with Crippen molar-refractivity contribution in [2.75, 3.05) is 11.8 Å². The van der Waals surface area contributed by atoms with Crippen LogP contribution in [0.25, 0.3) is 10.2 Å². The number of alkyl halides is 2. The van der Waals surface area contributed by atoms with Crippen LogP contribution in [0.3, 0.4) is 0 Å². The Morgan fingerprint density at radius 3 is 2.56 bits per heavy atom. The van der Waals surface area contributed by atoms with Gasteiger partial charge in [0, 0.05) is 23.6 Å². The van der Waals surface area contributed by atoms with Gasteiger partial charge in [0.05, 0.1) is 15.2 Å². The van der Waals surface area contributed by atoms with Gasteiger partial charge in [-0.1, -0.05) is 25.5 Å². The summed E-state index contributed by atoms with van der Waals surface area (Å²) >= 11 is 14.0. The van der Waals surface area contributed by atoms with Crippen LogP contribution in [0.5, 0.6) is 0 Å². The van der Waals surface area contributed by atoms with Crippen LogP contribution in [0.1, 0.15) is 24.8 Å². The minimum absolute atomic E-state index is 0.00820. The van der Waals surface area contributed by atoms with E-state index in [2.05, 4.69) is 24.0 Å². The number of nitrogens with zero attached hydrogens (tertiary/aromatic N) is 1. The van der Waals surface area contributed by atoms with Gasteiger partial charge in [0.25, 0.3) is 0 Å². The van der Waals surface area contributed by atoms with Gasteiger partial charge in [-0.2, -0.15) is 0 Å². The summed E-state index contributed by atoms with van der Waals surface area (Å²) in [6.45, 7) is 2.17. The highest BCUT2D eigenvalue weighted by Gasteiger charge is 2.29. The molecule has 0 aliphatic carbocycles. The minimum Gasteiger partial charge on any atom is -0.241 e. The molecule has 0 saturated heterocycles. The average molecular weight is 302 g/mol. The Bertz CT molecular complexity index is 472. The molecule has 0 bridgehead atoms. The zero-order valence-corrected chi connectivity index (χ0v) is 12.8. The molecule has 0 aliphatic rings. The predicted octanol–water partition coefficient (Wildman–Crippen LogP) is 5.10. The minimum atomic E-state index is -0.00820. The van der Waals surface area contributed by atoms with Crippen molar-refractivity contribution in [1.29, 1.82) is 0 Å². The normalized spacial score (nSPS) is 12.2. The van der Waals surface area contributed by atoms with Gasteiger partial charge in [-0.3, -0.25) is 0 Å². The molecule has 2 rings (SSSR count). The molecule has 0 atom stereocenters. The quantitative estimate of drug-likeness (QED) is 0.676. The van der Waals surface area contributed by atoms with E-state index in [0.29, 0.717) is 11.8 Å². The van der Waals surface area contributed by atoms with E-state index in [-0.39, 0.29) is 5.41 Å². The number of fused-ring (bicyclic) bond motifs is 1. The number of para-hydroxylation sites is 1. The Hall–Kier alpha value is -0.310. The Kier molecular flexibility index (Phi) is 4.88. The number of hydrogen-bond donors (Lipinski definition) is 0. The largest absolute Gasteiger partial charge is 0.241 e. The molecule has 0 N–H and O–H groups in total. The molecule has 0 aliphatic heterocycles. The summed E-state index contributed by atoms with van der Waals surface area (Å²) in [5.41, 5.74) is 1.07. The third-order valence-corrected chi connectivity index (χ3v) is 5.38. The van der Waals surface area contributed by atoms with Gasteiger partial charge >= 0.3 is 0 Å². The van der Waals surface area contributed by atoms with E-state index in [4.69, 9.17) is 23.2 Å². The van der Waals surface area contributed by atoms with E-state index >= 15 is 0 Å². The first kappa shape index (κ1) is 14.1. The molecule has 4 heteroatoms. The standard InChI is InChI=1S/C14H17Cl2NS/c1-2-7-14(9-15,10-16)8-13-17-11-5-3-4-6-12(11)18-13/h3-6H,2,7-10H2,1H3. The molecule has 0 fully saturated rings. The maximum absolute atomic E-state index is 6.14. The number of rotatable bonds is 6. The van der Waals surface area contributed by atoms with Crippen molar-refractivity contribution in [2.24, 2.45) is 5.41 Å². The molecule has 0 spiro atoms. The van der Waals surface area contributed by atoms with Crippen LogP contribution in [0.2, 0.25) is 0 Å². The summed E-state index contributed by atoms with van der Waals surface area (Å²) in [6, 6.07) is 8.23. The third kappa shape index (κ3) is 2.98. The molecule has 0 amide bonds. The average Bonchev–Trinajstić information content (AvgIpc) is 2.80. The molecular formula is C14H17Cl2NS. The van der Waals surface area contributed by atoms with Crippen molar-refractivity contribution in [2.45, 2.75) is 26.2 Å². The number of halogens is 2. The van der Waals surface area contributed by atoms with E-state index in [0.717, 1.165) is 29.8 Å². The van der Waals surface area contributed by atoms with Crippen molar-refractivity contribution in [3.8, 4) is 0 Å². The summed E-state index contributed by atoms with van der Waals surface area (Å²) in [4.78, 5) is 4.68. The highest BCUT2D eigenvalue weighted by Crippen LogP contribution is 2.34. The Balaban J connectivity index is 2.25. The molecule has 0 saturated carbocycles. The molecule has 1 aromatic heterocycles. The molecule has 1 aromatic carbocycles. The lowest BCUT2D eigenvalue weighted by Gasteiger charge is -2.28. The smallest absolute Gasteiger partial charge is 0.0945 e. The van der Waals surface area contributed by atoms with E-state index in [9.17, 15) is 0 Å². The first-order valence-corrected chi connectivity index (χ1v) is 8.08. The Morgan fingerprint density at radius 2 is 1.94 bits per heavy atom. The topological polar surface area (TPSA) is 12.9 Å². The van der Waals surface area contributed by atoms with Crippen molar-refractivity contribution < 1.29 is 0 Å². The van der Waals surface area contributed by atoms with Crippen LogP contribution in [0.15, 0.2) is 24.3 Å². The molecule has 18 heavy (non-hydrogen) atoms. The van der Waals surface area contributed by atoms with Crippen molar-refractivity contribution in [3.63, 3.8) is 0 Å². The zero-order valence-electron chi connectivity index (χ0n) is 10.5. The lowest BCUT2D eigenvalue weighted by atomic mass is 9.84. The number of aromatic nitrogens is 1. The SMILES string of the molecule is CCCC(CCl)(CCl)Cc1nc2ccccc2s1. The van der Waals surface area contributed by atoms with Gasteiger partial charge < -0.3 is 0 Å². The Morgan fingerprint density at radius 1 is 1.22 bits per heavy atom. The number of benzene rings is 1. The van der Waals surface area contributed by atoms with Crippen LogP contribution in [0.4, 0.5) is 0 Å². The van der Waals surface area contributed by atoms with E-state index in [1.165, 1.54) is 4.70 Å². The highest BCUT2D eigenvalue weighted by atomic mass is 35.5. The summed E-state index contributed by atoms with van der Waals surface area (Å²) in [5, 5.41) is 1.14. The second-order valence-corrected chi connectivity index (χ2v) is 6.42. The lowest BCUT2D eigenvalue weighted by Crippen LogP contribution is -2.27. The third-order valence-electron chi connectivity index (χ3n) is 3.21. The van der Waals surface area contributed by atoms with Gasteiger partial charge in [0.15, 0.2) is 0 Å². The summed E-state index contributed by atoms with van der Waals surface area (Å²) in [6.07, 6.45) is 3.04. The van der Waals surface area contributed by atoms with Gasteiger partial charge in [0.2, 0.25) is 0 Å². The Labute approximate surface area is 122 Å². The maximum Gasteiger partial charge on any atom is 0.0945 e. The molecule has 1 nitrogen and oxygen atoms in total. The second-order valence-electron chi connectivity index (χ2n) is 4.77. The van der Waals surface area contributed by atoms with Gasteiger partial charge in [0.1, 0.15) is 0 Å². The lowest BCUT2D eigenvalue weighted by molar-refractivity contribution is 0.341. The first-order chi connectivity index (χ1) is 8.73. The zero-order chi connectivity index (χ0) is 13.0. The number of thiazole rings is 1. The van der Waals surface area contributed by atoms with Gasteiger partial charge in [-0.15, -0.1) is 34.5 Å². The maximum atomic E-state index is 6.14. The summed E-state index contributed by atoms with van der Waals surface area (Å²) < 4.78 is 1.24. The fourth-order valence-corrected chi connectivity index (χ4v) is 4.08. The van der Waals surface area contributed by atoms with Gasteiger partial charge in [-0.05, 0) is 18.6 Å². The van der Waals surface area contributed by atoms with Crippen molar-refractivity contribution >= 4 is 44.8 Å². The monoisotopic (exact) mass is 301 g/mol. The fourth-order valence-electron chi connectivity index (χ4n) is 2.20. The number of hydrogen-bond acceptors (Lipinski definition) is 2. The van der Waals surface area contributed by atoms with E-state index in [1.807, 2.05) is 12.1 Å². The van der Waals surface area contributed by atoms with Crippen molar-refractivity contribution in [1.82, 2.24) is 4.98 Å². The summed E-state index contributed by atoms with van der Waals surface area (Å²) in [5.74, 6) is 1.19. The summed E-state index contributed by atoms with van der Waals surface area (Å²) in [7, 11) is 0. The highest BCUT2D eigenvalue weighted by molar-refractivity contribution is 7.18. The van der Waals surface area contributed by atoms with Gasteiger partial charge in [-0.25, -0.2) is 4.98 Å². The fraction of sp³-hybridized carbons (Fsp3) is 0.500. The van der Waals surface area contributed by atoms with Crippen LogP contribution in [-0.2, 0) is 6.42 Å². The van der Waals surface area contributed by atoms with Crippen LogP contribution >= 0.6 is 34.5 Å². The second kappa shape index (κ2) is 6.23. The molecule has 0 radical (unpaired) electrons. The van der Waals surface area contributed by atoms with Crippen molar-refractivity contribution in [3.05, 3.63) is 29.3 Å². The van der Waals surface area contributed by atoms with Crippen LogP contribution in [0, 0.1) is 5.41 Å². The molecule has 0 unspecified atom stereocenters. The molecule has 2 aromatic rings. The van der Waals surface area contributed by atoms with E-state index < -0.39 is 0 Å². The van der Waals surface area contributed by atoms with E-state index in [1.54, 1.807) is 11.3 Å². The first-order valence-electron chi connectivity index (χ1n) is 6.19. The molecule has 98 valence electrons. The van der Waals surface area contributed by atoms with Crippen LogP contribution in [-0.4, -0.2) is 16.7 Å².